The van der Waals surface area contributed by atoms with E-state index >= 15 is 0 Å². The number of carbonyl (C=O) groups excluding carboxylic acids is 2. The standard InChI is InChI=1S/C31H42N4O5S/c1-20-18-28(40-35-20)27(12-14-38-16-17-39-15-13-32-4)29(36)25-6-5-7-26(25)31(37)34-21(2)23-8-10-24(11-9-23)30-22(3)33-19-41-30/h8-11,18-19,21,25-27,32H,5-7,12-17H2,1-4H3,(H,34,37)/t21-,25?,26+,27?/m0/s1. The van der Waals surface area contributed by atoms with Crippen molar-refractivity contribution in [3.63, 3.8) is 0 Å². The Morgan fingerprint density at radius 1 is 1.07 bits per heavy atom. The summed E-state index contributed by atoms with van der Waals surface area (Å²) in [4.78, 5) is 32.8. The minimum Gasteiger partial charge on any atom is -0.379 e. The number of hydrogen-bond donors (Lipinski definition) is 2. The second-order valence-corrected chi connectivity index (χ2v) is 11.6. The molecule has 2 N–H and O–H groups in total. The Hall–Kier alpha value is -2.92. The number of ketones is 1. The fourth-order valence-electron chi connectivity index (χ4n) is 5.45. The molecule has 2 heterocycles. The quantitative estimate of drug-likeness (QED) is 0.227. The molecule has 1 amide bonds. The van der Waals surface area contributed by atoms with E-state index in [0.717, 1.165) is 40.4 Å². The third-order valence-corrected chi connectivity index (χ3v) is 8.73. The molecule has 1 fully saturated rings. The van der Waals surface area contributed by atoms with Crippen LogP contribution in [-0.4, -0.2) is 61.9 Å². The van der Waals surface area contributed by atoms with E-state index < -0.39 is 5.92 Å². The Kier molecular flexibility index (Phi) is 11.6. The molecule has 1 saturated carbocycles. The molecule has 4 rings (SSSR count). The number of benzene rings is 1. The van der Waals surface area contributed by atoms with Crippen LogP contribution >= 0.6 is 11.3 Å². The van der Waals surface area contributed by atoms with Crippen molar-refractivity contribution in [3.05, 3.63) is 58.6 Å². The maximum Gasteiger partial charge on any atom is 0.224 e. The smallest absolute Gasteiger partial charge is 0.224 e. The maximum atomic E-state index is 13.9. The van der Waals surface area contributed by atoms with Crippen molar-refractivity contribution in [2.75, 3.05) is 40.0 Å². The lowest BCUT2D eigenvalue weighted by Gasteiger charge is -2.24. The average molecular weight is 583 g/mol. The SMILES string of the molecule is CNCCOCCOCCC(C(=O)C1CCC[C@H]1C(=O)N[C@@H](C)c1ccc(-c2scnc2C)cc1)c1cc(C)no1. The summed E-state index contributed by atoms with van der Waals surface area (Å²) >= 11 is 1.62. The fraction of sp³-hybridized carbons (Fsp3) is 0.548. The monoisotopic (exact) mass is 582 g/mol. The van der Waals surface area contributed by atoms with E-state index in [2.05, 4.69) is 32.9 Å². The van der Waals surface area contributed by atoms with Crippen molar-refractivity contribution >= 4 is 23.0 Å². The lowest BCUT2D eigenvalue weighted by atomic mass is 9.82. The number of aromatic nitrogens is 2. The summed E-state index contributed by atoms with van der Waals surface area (Å²) < 4.78 is 16.8. The van der Waals surface area contributed by atoms with Crippen LogP contribution in [0.1, 0.15) is 67.3 Å². The third kappa shape index (κ3) is 8.31. The Balaban J connectivity index is 1.35. The van der Waals surface area contributed by atoms with Crippen molar-refractivity contribution in [3.8, 4) is 10.4 Å². The average Bonchev–Trinajstić information content (AvgIpc) is 3.73. The number of hydrogen-bond acceptors (Lipinski definition) is 9. The summed E-state index contributed by atoms with van der Waals surface area (Å²) in [5.41, 5.74) is 5.73. The zero-order chi connectivity index (χ0) is 29.2. The lowest BCUT2D eigenvalue weighted by molar-refractivity contribution is -0.134. The Morgan fingerprint density at radius 2 is 1.80 bits per heavy atom. The van der Waals surface area contributed by atoms with Gasteiger partial charge in [-0.25, -0.2) is 4.98 Å². The van der Waals surface area contributed by atoms with E-state index in [4.69, 9.17) is 14.0 Å². The van der Waals surface area contributed by atoms with Crippen LogP contribution in [0, 0.1) is 25.7 Å². The number of likely N-dealkylation sites (N-methyl/N-ethyl adjacent to an activating group) is 1. The van der Waals surface area contributed by atoms with Crippen LogP contribution in [0.4, 0.5) is 0 Å². The molecular formula is C31H42N4O5S. The number of ether oxygens (including phenoxy) is 2. The first kappa shape index (κ1) is 31.0. The lowest BCUT2D eigenvalue weighted by Crippen LogP contribution is -2.38. The van der Waals surface area contributed by atoms with Gasteiger partial charge in [0.15, 0.2) is 0 Å². The molecule has 0 saturated heterocycles. The summed E-state index contributed by atoms with van der Waals surface area (Å²) in [6.07, 6.45) is 2.70. The molecule has 9 nitrogen and oxygen atoms in total. The van der Waals surface area contributed by atoms with Gasteiger partial charge in [-0.05, 0) is 58.2 Å². The molecular weight excluding hydrogens is 540 g/mol. The molecule has 2 aromatic heterocycles. The fourth-order valence-corrected chi connectivity index (χ4v) is 6.26. The highest BCUT2D eigenvalue weighted by atomic mass is 32.1. The molecule has 0 aliphatic heterocycles. The minimum atomic E-state index is -0.500. The second kappa shape index (κ2) is 15.3. The minimum absolute atomic E-state index is 0.0320. The van der Waals surface area contributed by atoms with E-state index in [1.165, 1.54) is 0 Å². The van der Waals surface area contributed by atoms with E-state index in [0.29, 0.717) is 51.5 Å². The van der Waals surface area contributed by atoms with E-state index in [-0.39, 0.29) is 29.6 Å². The molecule has 10 heteroatoms. The van der Waals surface area contributed by atoms with Crippen LogP contribution in [0.15, 0.2) is 40.4 Å². The number of aryl methyl sites for hydroxylation is 2. The highest BCUT2D eigenvalue weighted by Crippen LogP contribution is 2.38. The molecule has 4 atom stereocenters. The number of amides is 1. The molecule has 41 heavy (non-hydrogen) atoms. The molecule has 0 bridgehead atoms. The predicted molar refractivity (Wildman–Crippen MR) is 159 cm³/mol. The Morgan fingerprint density at radius 3 is 2.46 bits per heavy atom. The summed E-state index contributed by atoms with van der Waals surface area (Å²) in [5.74, 6) is -0.726. The molecule has 3 aromatic rings. The van der Waals surface area contributed by atoms with E-state index in [9.17, 15) is 9.59 Å². The molecule has 1 aliphatic rings. The summed E-state index contributed by atoms with van der Waals surface area (Å²) in [6, 6.07) is 9.87. The van der Waals surface area contributed by atoms with Crippen LogP contribution in [0.2, 0.25) is 0 Å². The van der Waals surface area contributed by atoms with Crippen molar-refractivity contribution in [2.45, 2.75) is 58.4 Å². The zero-order valence-corrected chi connectivity index (χ0v) is 25.3. The first-order valence-electron chi connectivity index (χ1n) is 14.5. The molecule has 2 unspecified atom stereocenters. The van der Waals surface area contributed by atoms with Gasteiger partial charge in [-0.1, -0.05) is 35.8 Å². The number of thiazole rings is 1. The van der Waals surface area contributed by atoms with Crippen molar-refractivity contribution in [1.82, 2.24) is 20.8 Å². The van der Waals surface area contributed by atoms with Crippen LogP contribution < -0.4 is 10.6 Å². The van der Waals surface area contributed by atoms with Gasteiger partial charge >= 0.3 is 0 Å². The van der Waals surface area contributed by atoms with Crippen molar-refractivity contribution in [2.24, 2.45) is 11.8 Å². The van der Waals surface area contributed by atoms with Crippen LogP contribution in [0.5, 0.6) is 0 Å². The van der Waals surface area contributed by atoms with Gasteiger partial charge in [-0.2, -0.15) is 0 Å². The predicted octanol–water partition coefficient (Wildman–Crippen LogP) is 5.00. The Bertz CT molecular complexity index is 1260. The van der Waals surface area contributed by atoms with Crippen molar-refractivity contribution < 1.29 is 23.6 Å². The highest BCUT2D eigenvalue weighted by molar-refractivity contribution is 7.13. The van der Waals surface area contributed by atoms with Gasteiger partial charge in [-0.3, -0.25) is 9.59 Å². The molecule has 0 spiro atoms. The van der Waals surface area contributed by atoms with Crippen molar-refractivity contribution in [1.29, 1.82) is 0 Å². The topological polar surface area (TPSA) is 116 Å². The van der Waals surface area contributed by atoms with Gasteiger partial charge < -0.3 is 24.6 Å². The summed E-state index contributed by atoms with van der Waals surface area (Å²) in [6.45, 7) is 8.59. The summed E-state index contributed by atoms with van der Waals surface area (Å²) in [5, 5.41) is 10.2. The maximum absolute atomic E-state index is 13.9. The van der Waals surface area contributed by atoms with E-state index in [1.807, 2.05) is 51.5 Å². The number of carbonyl (C=O) groups is 2. The van der Waals surface area contributed by atoms with E-state index in [1.54, 1.807) is 11.3 Å². The second-order valence-electron chi connectivity index (χ2n) is 10.7. The molecule has 222 valence electrons. The normalized spacial score (nSPS) is 18.3. The van der Waals surface area contributed by atoms with Gasteiger partial charge in [-0.15, -0.1) is 11.3 Å². The first-order chi connectivity index (χ1) is 19.9. The van der Waals surface area contributed by atoms with Gasteiger partial charge in [0.2, 0.25) is 5.91 Å². The highest BCUT2D eigenvalue weighted by Gasteiger charge is 2.41. The molecule has 1 aliphatic carbocycles. The zero-order valence-electron chi connectivity index (χ0n) is 24.5. The van der Waals surface area contributed by atoms with Gasteiger partial charge in [0.25, 0.3) is 0 Å². The Labute approximate surface area is 246 Å². The van der Waals surface area contributed by atoms with Gasteiger partial charge in [0.05, 0.1) is 53.6 Å². The van der Waals surface area contributed by atoms with Crippen LogP contribution in [-0.2, 0) is 19.1 Å². The van der Waals surface area contributed by atoms with Gasteiger partial charge in [0.1, 0.15) is 11.5 Å². The van der Waals surface area contributed by atoms with Crippen LogP contribution in [0.25, 0.3) is 10.4 Å². The number of rotatable bonds is 16. The largest absolute Gasteiger partial charge is 0.379 e. The van der Waals surface area contributed by atoms with Crippen LogP contribution in [0.3, 0.4) is 0 Å². The third-order valence-electron chi connectivity index (χ3n) is 7.75. The van der Waals surface area contributed by atoms with Gasteiger partial charge in [0, 0.05) is 31.1 Å². The molecule has 1 aromatic carbocycles. The number of Topliss-reactive ketones (excluding diaryl/α,β-unsaturated/α-hetero) is 1. The number of nitrogens with zero attached hydrogens (tertiary/aromatic N) is 2. The number of nitrogens with one attached hydrogen (secondary N) is 2. The summed E-state index contributed by atoms with van der Waals surface area (Å²) in [7, 11) is 1.88. The first-order valence-corrected chi connectivity index (χ1v) is 15.3. The molecule has 0 radical (unpaired) electrons.